The average molecular weight is 900 g/mol. The molecule has 332 valence electrons. The van der Waals surface area contributed by atoms with E-state index in [2.05, 4.69) is 19.9 Å². The number of fused-ring (bicyclic) bond motifs is 1. The number of nitrogens with one attached hydrogen (secondary N) is 3. The van der Waals surface area contributed by atoms with Crippen molar-refractivity contribution >= 4 is 32.5 Å². The molecule has 3 aromatic heterocycles. The Labute approximate surface area is 342 Å². The number of aliphatic hydroxyl groups excluding tert-OH is 2. The average Bonchev–Trinajstić information content (AvgIpc) is 3.89. The Balaban J connectivity index is 1.06. The lowest BCUT2D eigenvalue weighted by molar-refractivity contribution is -0.0562. The van der Waals surface area contributed by atoms with Crippen LogP contribution in [0.25, 0.3) is 10.9 Å². The van der Waals surface area contributed by atoms with Gasteiger partial charge in [-0.15, -0.1) is 0 Å². The normalized spacial score (nSPS) is 28.6. The molecule has 11 atom stereocenters. The molecule has 0 radical (unpaired) electrons. The van der Waals surface area contributed by atoms with Gasteiger partial charge in [0.05, 0.1) is 42.9 Å². The number of rotatable bonds is 14. The summed E-state index contributed by atoms with van der Waals surface area (Å²) in [7, 11) is -10.2. The zero-order valence-electron chi connectivity index (χ0n) is 32.6. The molecule has 1 aromatic carbocycles. The molecule has 2 unspecified atom stereocenters. The first-order valence-corrected chi connectivity index (χ1v) is 21.7. The summed E-state index contributed by atoms with van der Waals surface area (Å²) in [6.45, 7) is 2.39. The second-order valence-corrected chi connectivity index (χ2v) is 17.6. The number of phosphoric acid groups is 2. The van der Waals surface area contributed by atoms with Gasteiger partial charge in [-0.3, -0.25) is 56.6 Å². The summed E-state index contributed by atoms with van der Waals surface area (Å²) in [6.07, 6.45) is -9.02. The Morgan fingerprint density at radius 2 is 1.30 bits per heavy atom. The van der Waals surface area contributed by atoms with Crippen molar-refractivity contribution in [3.63, 3.8) is 0 Å². The van der Waals surface area contributed by atoms with E-state index in [4.69, 9.17) is 38.0 Å². The number of anilines is 1. The number of hydrogen-bond acceptors (Lipinski definition) is 18. The molecule has 7 rings (SSSR count). The summed E-state index contributed by atoms with van der Waals surface area (Å²) >= 11 is 0. The monoisotopic (exact) mass is 899 g/mol. The SMILES string of the molecule is Cc1cn([C@H]2C[C@H](OP(=O)(O)OC[C@H]3O[C@@H](c4cc(C)c5nc(N)[nH]c(=O)c5c4)C[C@@H]3OP(=O)(O)OC[C@H]3O[C@@H](n4cc(C)c(=O)[nH]c4=O)C[C@@H]3O)[C@@H](CO)O2)c(=O)[nH]c1=O. The number of aromatic amines is 3. The molecule has 3 aliphatic rings. The molecule has 0 bridgehead atoms. The van der Waals surface area contributed by atoms with Crippen molar-refractivity contribution in [3.05, 3.63) is 98.8 Å². The highest BCUT2D eigenvalue weighted by atomic mass is 31.2. The van der Waals surface area contributed by atoms with Gasteiger partial charge >= 0.3 is 27.0 Å². The van der Waals surface area contributed by atoms with Gasteiger partial charge in [-0.25, -0.2) is 23.7 Å². The molecule has 3 saturated heterocycles. The van der Waals surface area contributed by atoms with E-state index in [1.807, 2.05) is 0 Å². The van der Waals surface area contributed by atoms with E-state index < -0.39 is 119 Å². The first-order chi connectivity index (χ1) is 28.7. The fourth-order valence-electron chi connectivity index (χ4n) is 7.36. The molecular weight excluding hydrogens is 856 g/mol. The minimum absolute atomic E-state index is 0.109. The molecule has 61 heavy (non-hydrogen) atoms. The highest BCUT2D eigenvalue weighted by molar-refractivity contribution is 7.47. The molecule has 25 nitrogen and oxygen atoms in total. The van der Waals surface area contributed by atoms with Gasteiger partial charge in [0.2, 0.25) is 5.95 Å². The van der Waals surface area contributed by atoms with E-state index in [-0.39, 0.29) is 41.7 Å². The van der Waals surface area contributed by atoms with Crippen LogP contribution >= 0.6 is 15.6 Å². The van der Waals surface area contributed by atoms with Gasteiger partial charge in [0, 0.05) is 42.8 Å². The molecule has 0 saturated carbocycles. The number of aliphatic hydroxyl groups is 2. The number of ether oxygens (including phenoxy) is 3. The van der Waals surface area contributed by atoms with E-state index in [9.17, 15) is 53.1 Å². The van der Waals surface area contributed by atoms with Gasteiger partial charge in [-0.05, 0) is 38.0 Å². The smallest absolute Gasteiger partial charge is 0.394 e. The molecule has 0 aliphatic carbocycles. The molecule has 27 heteroatoms. The van der Waals surface area contributed by atoms with E-state index in [0.717, 1.165) is 9.13 Å². The second kappa shape index (κ2) is 17.4. The number of H-pyrrole nitrogens is 3. The van der Waals surface area contributed by atoms with Crippen molar-refractivity contribution in [1.82, 2.24) is 29.1 Å². The fourth-order valence-corrected chi connectivity index (χ4v) is 9.28. The molecule has 0 amide bonds. The highest BCUT2D eigenvalue weighted by Gasteiger charge is 2.46. The van der Waals surface area contributed by atoms with Crippen molar-refractivity contribution in [2.75, 3.05) is 25.6 Å². The van der Waals surface area contributed by atoms with Crippen molar-refractivity contribution in [2.24, 2.45) is 0 Å². The van der Waals surface area contributed by atoms with E-state index >= 15 is 0 Å². The molecule has 0 spiro atoms. The summed E-state index contributed by atoms with van der Waals surface area (Å²) in [5.41, 5.74) is 3.92. The minimum Gasteiger partial charge on any atom is -0.394 e. The number of phosphoric ester groups is 2. The third-order valence-corrected chi connectivity index (χ3v) is 12.5. The van der Waals surface area contributed by atoms with Gasteiger partial charge < -0.3 is 39.9 Å². The topological polar surface area (TPSA) is 361 Å². The van der Waals surface area contributed by atoms with E-state index in [1.54, 1.807) is 13.0 Å². The Hall–Kier alpha value is -4.46. The molecule has 3 fully saturated rings. The van der Waals surface area contributed by atoms with Crippen LogP contribution in [0.4, 0.5) is 5.95 Å². The Morgan fingerprint density at radius 1 is 0.754 bits per heavy atom. The van der Waals surface area contributed by atoms with E-state index in [1.165, 1.54) is 32.3 Å². The molecule has 9 N–H and O–H groups in total. The number of nitrogen functional groups attached to an aromatic ring is 1. The summed E-state index contributed by atoms with van der Waals surface area (Å²) in [5.74, 6) is -0.109. The largest absolute Gasteiger partial charge is 0.472 e. The second-order valence-electron chi connectivity index (χ2n) is 14.8. The predicted molar refractivity (Wildman–Crippen MR) is 207 cm³/mol. The van der Waals surface area contributed by atoms with Gasteiger partial charge in [-0.2, -0.15) is 0 Å². The van der Waals surface area contributed by atoms with Crippen molar-refractivity contribution in [1.29, 1.82) is 0 Å². The maximum atomic E-state index is 13.4. The number of benzene rings is 1. The lowest BCUT2D eigenvalue weighted by atomic mass is 10.00. The molecular formula is C34H43N7O18P2. The number of aromatic nitrogens is 6. The van der Waals surface area contributed by atoms with Crippen molar-refractivity contribution < 1.29 is 61.4 Å². The Kier molecular flexibility index (Phi) is 12.7. The van der Waals surface area contributed by atoms with Crippen LogP contribution in [0.1, 0.15) is 60.1 Å². The molecule has 3 aliphatic heterocycles. The maximum absolute atomic E-state index is 13.4. The fraction of sp³-hybridized carbons (Fsp3) is 0.529. The number of aryl methyl sites for hydroxylation is 3. The van der Waals surface area contributed by atoms with Crippen LogP contribution < -0.4 is 33.8 Å². The zero-order chi connectivity index (χ0) is 44.1. The van der Waals surface area contributed by atoms with Crippen LogP contribution in [0.2, 0.25) is 0 Å². The summed E-state index contributed by atoms with van der Waals surface area (Å²) in [5, 5.41) is 20.7. The lowest BCUT2D eigenvalue weighted by Gasteiger charge is -2.24. The quantitative estimate of drug-likeness (QED) is 0.0725. The number of nitrogens with zero attached hydrogens (tertiary/aromatic N) is 3. The molecule has 4 aromatic rings. The van der Waals surface area contributed by atoms with Crippen LogP contribution in [0.5, 0.6) is 0 Å². The minimum atomic E-state index is -5.08. The van der Waals surface area contributed by atoms with Crippen LogP contribution in [-0.4, -0.2) is 106 Å². The van der Waals surface area contributed by atoms with Gasteiger partial charge in [0.1, 0.15) is 43.0 Å². The van der Waals surface area contributed by atoms with Gasteiger partial charge in [-0.1, -0.05) is 6.07 Å². The number of hydrogen-bond donors (Lipinski definition) is 8. The molecule has 6 heterocycles. The third-order valence-electron chi connectivity index (χ3n) is 10.4. The number of nitrogens with two attached hydrogens (primary N) is 1. The van der Waals surface area contributed by atoms with Gasteiger partial charge in [0.15, 0.2) is 0 Å². The first kappa shape index (κ1) is 44.6. The summed E-state index contributed by atoms with van der Waals surface area (Å²) < 4.78 is 67.8. The highest BCUT2D eigenvalue weighted by Crippen LogP contribution is 2.52. The summed E-state index contributed by atoms with van der Waals surface area (Å²) in [4.78, 5) is 93.9. The third kappa shape index (κ3) is 9.79. The lowest BCUT2D eigenvalue weighted by Crippen LogP contribution is -2.33. The predicted octanol–water partition coefficient (Wildman–Crippen LogP) is -0.706. The summed E-state index contributed by atoms with van der Waals surface area (Å²) in [6, 6.07) is 3.11. The van der Waals surface area contributed by atoms with Crippen LogP contribution in [0.15, 0.2) is 48.5 Å². The van der Waals surface area contributed by atoms with Gasteiger partial charge in [0.25, 0.3) is 16.7 Å². The Bertz CT molecular complexity index is 2720. The first-order valence-electron chi connectivity index (χ1n) is 18.7. The van der Waals surface area contributed by atoms with E-state index in [0.29, 0.717) is 16.6 Å². The van der Waals surface area contributed by atoms with Crippen LogP contribution in [0.3, 0.4) is 0 Å². The van der Waals surface area contributed by atoms with Crippen LogP contribution in [-0.2, 0) is 41.4 Å². The van der Waals surface area contributed by atoms with Crippen molar-refractivity contribution in [2.45, 2.75) is 95.2 Å². The standard InChI is InChI=1S/C34H43N7O18P2/c1-14-4-17(5-18-28(14)36-32(35)37-31(18)46)20-7-21(58-60(49,50)53-12-24-19(43)6-26(57-24)40-9-15(2)29(44)38-33(40)47)25(55-20)13-54-61(51,52)59-22-8-27(56-23(22)11-42)41-10-16(3)30(45)39-34(41)48/h4-5,9-10,19-27,42-43H,6-8,11-13H2,1-3H3,(H,49,50)(H,51,52)(H,38,44,47)(H,39,45,48)(H3,35,36,37,46)/t19-,20+,21-,22-,23+,24+,25+,26+,27+/m0/s1. The van der Waals surface area contributed by atoms with Crippen molar-refractivity contribution in [3.8, 4) is 0 Å². The van der Waals surface area contributed by atoms with Crippen LogP contribution in [0, 0.1) is 20.8 Å². The zero-order valence-corrected chi connectivity index (χ0v) is 34.4. The Morgan fingerprint density at radius 3 is 1.89 bits per heavy atom. The maximum Gasteiger partial charge on any atom is 0.472 e.